The molecule has 11 heteroatoms. The molecule has 2 heterocycles. The lowest BCUT2D eigenvalue weighted by molar-refractivity contribution is -0.0907. The van der Waals surface area contributed by atoms with E-state index >= 15 is 0 Å². The van der Waals surface area contributed by atoms with Gasteiger partial charge in [-0.2, -0.15) is 4.31 Å². The van der Waals surface area contributed by atoms with Crippen molar-refractivity contribution in [1.82, 2.24) is 9.62 Å². The van der Waals surface area contributed by atoms with Gasteiger partial charge in [-0.1, -0.05) is 44.0 Å². The van der Waals surface area contributed by atoms with E-state index < -0.39 is 110 Å². The molecule has 4 N–H and O–H groups in total. The third kappa shape index (κ3) is 7.03. The van der Waals surface area contributed by atoms with Crippen LogP contribution in [0.2, 0.25) is 0 Å². The highest BCUT2D eigenvalue weighted by molar-refractivity contribution is 7.89. The summed E-state index contributed by atoms with van der Waals surface area (Å²) < 4.78 is 172. The van der Waals surface area contributed by atoms with Gasteiger partial charge in [0, 0.05) is 32.5 Å². The molecule has 0 saturated carbocycles. The molecule has 2 saturated heterocycles. The number of hydrogen-bond donors (Lipinski definition) is 3. The van der Waals surface area contributed by atoms with Crippen LogP contribution in [0.1, 0.15) is 47.6 Å². The van der Waals surface area contributed by atoms with E-state index in [9.17, 15) is 18.3 Å². The molecule has 0 radical (unpaired) electrons. The van der Waals surface area contributed by atoms with Crippen LogP contribution in [0.25, 0.3) is 0 Å². The first-order valence-corrected chi connectivity index (χ1v) is 12.6. The fourth-order valence-corrected chi connectivity index (χ4v) is 5.06. The number of fused-ring (bicyclic) bond motifs is 1. The van der Waals surface area contributed by atoms with E-state index in [1.165, 1.54) is 24.3 Å². The lowest BCUT2D eigenvalue weighted by Gasteiger charge is -2.31. The van der Waals surface area contributed by atoms with Gasteiger partial charge in [-0.3, -0.25) is 0 Å². The van der Waals surface area contributed by atoms with Crippen LogP contribution < -0.4 is 11.1 Å². The zero-order valence-electron chi connectivity index (χ0n) is 35.8. The summed E-state index contributed by atoms with van der Waals surface area (Å²) in [5.41, 5.74) is 6.12. The fourth-order valence-electron chi connectivity index (χ4n) is 3.64. The van der Waals surface area contributed by atoms with Crippen LogP contribution >= 0.6 is 0 Å². The molecule has 38 heavy (non-hydrogen) atoms. The van der Waals surface area contributed by atoms with Gasteiger partial charge in [0.2, 0.25) is 10.0 Å². The van der Waals surface area contributed by atoms with Gasteiger partial charge in [0.05, 0.1) is 44.3 Å². The minimum absolute atomic E-state index is 0.112. The second-order valence-corrected chi connectivity index (χ2v) is 10.2. The lowest BCUT2D eigenvalue weighted by Crippen LogP contribution is -2.51. The monoisotopic (exact) mass is 563 g/mol. The van der Waals surface area contributed by atoms with Crippen LogP contribution in [0.4, 0.5) is 10.5 Å². The van der Waals surface area contributed by atoms with E-state index in [1.807, 2.05) is 0 Å². The Hall–Kier alpha value is -2.70. The maximum absolute atomic E-state index is 14.0. The molecule has 0 spiro atoms. The van der Waals surface area contributed by atoms with Gasteiger partial charge in [0.25, 0.3) is 0 Å². The van der Waals surface area contributed by atoms with Crippen molar-refractivity contribution in [1.29, 1.82) is 0 Å². The number of aliphatic hydroxyl groups excluding tert-OH is 1. The summed E-state index contributed by atoms with van der Waals surface area (Å²) in [6.07, 6.45) is -15.7. The summed E-state index contributed by atoms with van der Waals surface area (Å²) in [7, 11) is -4.97. The van der Waals surface area contributed by atoms with Gasteiger partial charge in [0.1, 0.15) is 6.08 Å². The normalized spacial score (nSPS) is 39.7. The number of carbonyl (C=O) groups excluding carboxylic acids is 1. The molecule has 0 aliphatic carbocycles. The van der Waals surface area contributed by atoms with Gasteiger partial charge in [-0.25, -0.2) is 13.2 Å². The minimum atomic E-state index is -4.97. The Balaban J connectivity index is 1.76. The van der Waals surface area contributed by atoms with Crippen molar-refractivity contribution in [2.45, 2.75) is 55.9 Å². The standard InChI is InChI=1S/C27H37N3O7S/c1-18(2)15-30(38(33,34)21-10-8-20(28)9-11-21)16-24(31)23(14-19-6-4-3-5-7-19)29-27(32)37-25-17-36-26-22(25)12-13-35-26/h3-11,18,22-26,31H,12-17,28H2,1-2H3,(H,29,32)/t22-,23-,24+,25-,26+/m0/s1/i1D3,2D3,12D2,13D2,17D2,18D,22D,25D,26D. The Morgan fingerprint density at radius 3 is 2.71 bits per heavy atom. The fraction of sp³-hybridized carbons (Fsp3) is 0.519. The zero-order valence-corrected chi connectivity index (χ0v) is 20.6. The predicted molar refractivity (Wildman–Crippen MR) is 142 cm³/mol. The third-order valence-electron chi connectivity index (χ3n) is 5.49. The van der Waals surface area contributed by atoms with Gasteiger partial charge >= 0.3 is 6.09 Å². The average Bonchev–Trinajstić information content (AvgIpc) is 3.20. The number of benzene rings is 2. The van der Waals surface area contributed by atoms with Gasteiger partial charge in [-0.15, -0.1) is 0 Å². The number of nitrogens with one attached hydrogen (secondary N) is 1. The molecule has 2 aliphatic rings. The van der Waals surface area contributed by atoms with Crippen LogP contribution in [0.3, 0.4) is 0 Å². The summed E-state index contributed by atoms with van der Waals surface area (Å²) >= 11 is 0. The second-order valence-electron chi connectivity index (χ2n) is 8.27. The largest absolute Gasteiger partial charge is 0.443 e. The highest BCUT2D eigenvalue weighted by Gasteiger charge is 2.44. The number of amides is 1. The zero-order chi connectivity index (χ0) is 41.4. The number of carbonyl (C=O) groups is 1. The maximum atomic E-state index is 14.0. The Labute approximate surface area is 246 Å². The molecule has 0 aromatic heterocycles. The molecule has 4 rings (SSSR count). The van der Waals surface area contributed by atoms with Crippen LogP contribution in [-0.4, -0.2) is 74.6 Å². The number of rotatable bonds is 11. The highest BCUT2D eigenvalue weighted by atomic mass is 32.2. The number of nitrogens with zero attached hydrogens (tertiary/aromatic N) is 1. The molecular weight excluding hydrogens is 510 g/mol. The van der Waals surface area contributed by atoms with Crippen LogP contribution in [0, 0.1) is 11.8 Å². The number of sulfonamides is 1. The Bertz CT molecular complexity index is 1810. The molecule has 10 nitrogen and oxygen atoms in total. The molecule has 208 valence electrons. The molecule has 2 aliphatic heterocycles. The minimum Gasteiger partial charge on any atom is -0.443 e. The van der Waals surface area contributed by atoms with Gasteiger partial charge in [0.15, 0.2) is 6.27 Å². The number of ether oxygens (including phenoxy) is 3. The predicted octanol–water partition coefficient (Wildman–Crippen LogP) is 2.38. The summed E-state index contributed by atoms with van der Waals surface area (Å²) in [6, 6.07) is 10.2. The van der Waals surface area contributed by atoms with Crippen molar-refractivity contribution in [2.75, 3.05) is 31.9 Å². The van der Waals surface area contributed by atoms with Crippen molar-refractivity contribution in [3.63, 3.8) is 0 Å². The van der Waals surface area contributed by atoms with Crippen molar-refractivity contribution in [3.8, 4) is 0 Å². The van der Waals surface area contributed by atoms with Crippen LogP contribution in [0.15, 0.2) is 59.5 Å². The van der Waals surface area contributed by atoms with Gasteiger partial charge < -0.3 is 30.4 Å². The number of aliphatic hydroxyl groups is 1. The molecule has 2 aromatic carbocycles. The molecule has 1 amide bonds. The topological polar surface area (TPSA) is 140 Å². The summed E-state index contributed by atoms with van der Waals surface area (Å²) in [4.78, 5) is 13.0. The van der Waals surface area contributed by atoms with Crippen LogP contribution in [0.5, 0.6) is 0 Å². The summed E-state index contributed by atoms with van der Waals surface area (Å²) in [5, 5.41) is 13.7. The number of anilines is 1. The maximum Gasteiger partial charge on any atom is 0.407 e. The number of nitrogen functional groups attached to an aromatic ring is 1. The molecule has 2 aromatic rings. The summed E-state index contributed by atoms with van der Waals surface area (Å²) in [5.74, 6) is -7.26. The van der Waals surface area contributed by atoms with E-state index in [1.54, 1.807) is 6.07 Å². The highest BCUT2D eigenvalue weighted by Crippen LogP contribution is 2.33. The molecule has 0 unspecified atom stereocenters. The van der Waals surface area contributed by atoms with Crippen molar-refractivity contribution in [2.24, 2.45) is 11.8 Å². The number of hydrogen-bond acceptors (Lipinski definition) is 8. The number of nitrogens with two attached hydrogens (primary N) is 1. The van der Waals surface area contributed by atoms with Crippen molar-refractivity contribution >= 4 is 21.8 Å². The average molecular weight is 564 g/mol. The van der Waals surface area contributed by atoms with Crippen LogP contribution in [-0.2, 0) is 30.7 Å². The lowest BCUT2D eigenvalue weighted by atomic mass is 10.0. The van der Waals surface area contributed by atoms with E-state index in [2.05, 4.69) is 10.1 Å². The second kappa shape index (κ2) is 12.4. The van der Waals surface area contributed by atoms with E-state index in [-0.39, 0.29) is 9.99 Å². The Morgan fingerprint density at radius 1 is 1.26 bits per heavy atom. The molecule has 0 bridgehead atoms. The molecule has 2 fully saturated rings. The molecular formula is C27H37N3O7S. The molecule has 5 atom stereocenters. The van der Waals surface area contributed by atoms with E-state index in [0.29, 0.717) is 5.56 Å². The van der Waals surface area contributed by atoms with Gasteiger partial charge in [-0.05, 0) is 48.5 Å². The Morgan fingerprint density at radius 2 is 2.00 bits per heavy atom. The Kier molecular flexibility index (Phi) is 4.61. The number of alkyl carbamates (subject to hydrolysis) is 1. The first-order chi connectivity index (χ1) is 24.2. The SMILES string of the molecule is [2H]C([2H])([2H])C([2H])(CN(C[C@@H](O)[C@H](Cc1ccccc1)NC(=O)O[C@@]1([2H])C([2H])([2H])O[C@@]2([2H])OC([2H])([2H])C([2H])([2H])[C@]21[2H])S(=O)(=O)c1ccc(N)cc1)C([2H])([2H])[2H]. The quantitative estimate of drug-likeness (QED) is 0.354. The van der Waals surface area contributed by atoms with Crippen molar-refractivity contribution < 1.29 is 54.5 Å². The first kappa shape index (κ1) is 14.1. The third-order valence-corrected chi connectivity index (χ3v) is 7.32. The van der Waals surface area contributed by atoms with E-state index in [4.69, 9.17) is 37.1 Å². The summed E-state index contributed by atoms with van der Waals surface area (Å²) in [6.45, 7) is -17.3. The van der Waals surface area contributed by atoms with E-state index in [0.717, 1.165) is 24.3 Å². The first-order valence-electron chi connectivity index (χ1n) is 19.2. The van der Waals surface area contributed by atoms with Crippen molar-refractivity contribution in [3.05, 3.63) is 60.2 Å². The smallest absolute Gasteiger partial charge is 0.407 e.